The number of amides is 1. The second-order valence-corrected chi connectivity index (χ2v) is 7.48. The first-order chi connectivity index (χ1) is 10.7. The number of nitrogens with one attached hydrogen (secondary N) is 3. The molecule has 6 nitrogen and oxygen atoms in total. The average molecular weight is 326 g/mol. The largest absolute Gasteiger partial charge is 0.357 e. The predicted octanol–water partition coefficient (Wildman–Crippen LogP) is 1.33. The SMILES string of the molecule is CCNC(=NCC(=O)NC(C)(C)C)NCCN(C(C)C)C1CC1. The Kier molecular flexibility index (Phi) is 7.82. The predicted molar refractivity (Wildman–Crippen MR) is 96.7 cm³/mol. The normalized spacial score (nSPS) is 15.9. The van der Waals surface area contributed by atoms with Crippen LogP contribution in [-0.2, 0) is 4.79 Å². The van der Waals surface area contributed by atoms with E-state index in [1.54, 1.807) is 0 Å². The highest BCUT2D eigenvalue weighted by molar-refractivity contribution is 5.85. The van der Waals surface area contributed by atoms with Crippen molar-refractivity contribution in [3.05, 3.63) is 0 Å². The van der Waals surface area contributed by atoms with Crippen LogP contribution < -0.4 is 16.0 Å². The Balaban J connectivity index is 2.41. The number of hydrogen-bond acceptors (Lipinski definition) is 3. The summed E-state index contributed by atoms with van der Waals surface area (Å²) in [6.07, 6.45) is 2.64. The molecule has 0 aromatic carbocycles. The van der Waals surface area contributed by atoms with Gasteiger partial charge in [-0.25, -0.2) is 4.99 Å². The molecule has 23 heavy (non-hydrogen) atoms. The third-order valence-electron chi connectivity index (χ3n) is 3.58. The molecule has 0 radical (unpaired) electrons. The number of nitrogens with zero attached hydrogens (tertiary/aromatic N) is 2. The zero-order valence-electron chi connectivity index (χ0n) is 15.7. The molecule has 134 valence electrons. The molecule has 1 fully saturated rings. The fraction of sp³-hybridized carbons (Fsp3) is 0.882. The minimum absolute atomic E-state index is 0.0588. The van der Waals surface area contributed by atoms with Gasteiger partial charge in [-0.15, -0.1) is 0 Å². The summed E-state index contributed by atoms with van der Waals surface area (Å²) in [5.74, 6) is 0.646. The highest BCUT2D eigenvalue weighted by Gasteiger charge is 2.30. The van der Waals surface area contributed by atoms with Crippen LogP contribution in [0, 0.1) is 0 Å². The molecular weight excluding hydrogens is 290 g/mol. The van der Waals surface area contributed by atoms with Crippen LogP contribution in [0.2, 0.25) is 0 Å². The van der Waals surface area contributed by atoms with Crippen LogP contribution in [0.15, 0.2) is 4.99 Å². The summed E-state index contributed by atoms with van der Waals surface area (Å²) in [5, 5.41) is 9.43. The van der Waals surface area contributed by atoms with Crippen molar-refractivity contribution in [2.45, 2.75) is 72.0 Å². The average Bonchev–Trinajstić information content (AvgIpc) is 3.22. The van der Waals surface area contributed by atoms with Gasteiger partial charge in [0.1, 0.15) is 6.54 Å². The Labute approximate surface area is 141 Å². The molecule has 1 aliphatic rings. The Hall–Kier alpha value is -1.30. The van der Waals surface area contributed by atoms with Gasteiger partial charge in [-0.3, -0.25) is 9.69 Å². The molecule has 0 aromatic heterocycles. The molecule has 0 saturated heterocycles. The van der Waals surface area contributed by atoms with E-state index in [1.165, 1.54) is 12.8 Å². The molecule has 0 bridgehead atoms. The lowest BCUT2D eigenvalue weighted by molar-refractivity contribution is -0.121. The van der Waals surface area contributed by atoms with Gasteiger partial charge in [-0.2, -0.15) is 0 Å². The van der Waals surface area contributed by atoms with Crippen molar-refractivity contribution in [1.82, 2.24) is 20.9 Å². The molecule has 0 aromatic rings. The van der Waals surface area contributed by atoms with Gasteiger partial charge in [0, 0.05) is 37.3 Å². The van der Waals surface area contributed by atoms with Gasteiger partial charge in [0.05, 0.1) is 0 Å². The summed E-state index contributed by atoms with van der Waals surface area (Å²) in [5.41, 5.74) is -0.222. The monoisotopic (exact) mass is 325 g/mol. The lowest BCUT2D eigenvalue weighted by Gasteiger charge is -2.26. The summed E-state index contributed by atoms with van der Waals surface area (Å²) < 4.78 is 0. The first-order valence-corrected chi connectivity index (χ1v) is 8.82. The number of carbonyl (C=O) groups excluding carboxylic acids is 1. The van der Waals surface area contributed by atoms with Gasteiger partial charge >= 0.3 is 0 Å². The first kappa shape index (κ1) is 19.7. The third-order valence-corrected chi connectivity index (χ3v) is 3.58. The highest BCUT2D eigenvalue weighted by atomic mass is 16.2. The van der Waals surface area contributed by atoms with Crippen molar-refractivity contribution >= 4 is 11.9 Å². The van der Waals surface area contributed by atoms with Gasteiger partial charge in [0.2, 0.25) is 5.91 Å². The van der Waals surface area contributed by atoms with E-state index in [9.17, 15) is 4.79 Å². The summed E-state index contributed by atoms with van der Waals surface area (Å²) in [6, 6.07) is 1.33. The first-order valence-electron chi connectivity index (χ1n) is 8.82. The minimum atomic E-state index is -0.222. The number of aliphatic imine (C=N–C) groups is 1. The van der Waals surface area contributed by atoms with E-state index in [0.717, 1.165) is 25.7 Å². The van der Waals surface area contributed by atoms with Gasteiger partial charge < -0.3 is 16.0 Å². The molecule has 1 amide bonds. The second kappa shape index (κ2) is 9.11. The smallest absolute Gasteiger partial charge is 0.242 e. The molecule has 0 spiro atoms. The minimum Gasteiger partial charge on any atom is -0.357 e. The molecule has 0 unspecified atom stereocenters. The molecule has 0 heterocycles. The summed E-state index contributed by atoms with van der Waals surface area (Å²) in [7, 11) is 0. The van der Waals surface area contributed by atoms with Crippen LogP contribution in [-0.4, -0.2) is 60.6 Å². The standard InChI is InChI=1S/C17H35N5O/c1-7-18-16(20-12-15(23)21-17(4,5)6)19-10-11-22(13(2)3)14-8-9-14/h13-14H,7-12H2,1-6H3,(H,21,23)(H2,18,19,20). The topological polar surface area (TPSA) is 68.8 Å². The van der Waals surface area contributed by atoms with Crippen molar-refractivity contribution in [2.24, 2.45) is 4.99 Å². The fourth-order valence-corrected chi connectivity index (χ4v) is 2.52. The molecular formula is C17H35N5O. The summed E-state index contributed by atoms with van der Waals surface area (Å²) in [4.78, 5) is 18.7. The molecule has 0 aliphatic heterocycles. The van der Waals surface area contributed by atoms with Crippen LogP contribution in [0.1, 0.15) is 54.4 Å². The Morgan fingerprint density at radius 1 is 1.26 bits per heavy atom. The fourth-order valence-electron chi connectivity index (χ4n) is 2.52. The van der Waals surface area contributed by atoms with Gasteiger partial charge in [0.15, 0.2) is 5.96 Å². The van der Waals surface area contributed by atoms with Crippen LogP contribution in [0.5, 0.6) is 0 Å². The highest BCUT2D eigenvalue weighted by Crippen LogP contribution is 2.27. The van der Waals surface area contributed by atoms with Crippen molar-refractivity contribution in [1.29, 1.82) is 0 Å². The third kappa shape index (κ3) is 8.79. The van der Waals surface area contributed by atoms with Gasteiger partial charge in [0.25, 0.3) is 0 Å². The quantitative estimate of drug-likeness (QED) is 0.465. The van der Waals surface area contributed by atoms with E-state index in [2.05, 4.69) is 39.7 Å². The van der Waals surface area contributed by atoms with E-state index in [0.29, 0.717) is 12.0 Å². The van der Waals surface area contributed by atoms with E-state index in [1.807, 2.05) is 27.7 Å². The molecule has 1 saturated carbocycles. The maximum Gasteiger partial charge on any atom is 0.242 e. The Morgan fingerprint density at radius 2 is 1.91 bits per heavy atom. The maximum absolute atomic E-state index is 11.9. The van der Waals surface area contributed by atoms with Crippen LogP contribution >= 0.6 is 0 Å². The van der Waals surface area contributed by atoms with Crippen molar-refractivity contribution in [3.63, 3.8) is 0 Å². The molecule has 6 heteroatoms. The number of rotatable bonds is 8. The molecule has 3 N–H and O–H groups in total. The van der Waals surface area contributed by atoms with E-state index >= 15 is 0 Å². The molecule has 1 rings (SSSR count). The van der Waals surface area contributed by atoms with E-state index in [-0.39, 0.29) is 18.0 Å². The molecule has 0 atom stereocenters. The second-order valence-electron chi connectivity index (χ2n) is 7.48. The lowest BCUT2D eigenvalue weighted by Crippen LogP contribution is -2.45. The lowest BCUT2D eigenvalue weighted by atomic mass is 10.1. The van der Waals surface area contributed by atoms with Gasteiger partial charge in [-0.05, 0) is 54.4 Å². The Morgan fingerprint density at radius 3 is 2.39 bits per heavy atom. The number of carbonyl (C=O) groups is 1. The van der Waals surface area contributed by atoms with Crippen LogP contribution in [0.3, 0.4) is 0 Å². The van der Waals surface area contributed by atoms with E-state index in [4.69, 9.17) is 0 Å². The van der Waals surface area contributed by atoms with Crippen molar-refractivity contribution in [2.75, 3.05) is 26.2 Å². The van der Waals surface area contributed by atoms with Gasteiger partial charge in [-0.1, -0.05) is 0 Å². The van der Waals surface area contributed by atoms with Crippen molar-refractivity contribution in [3.8, 4) is 0 Å². The molecule has 1 aliphatic carbocycles. The van der Waals surface area contributed by atoms with E-state index < -0.39 is 0 Å². The number of guanidine groups is 1. The maximum atomic E-state index is 11.9. The van der Waals surface area contributed by atoms with Crippen LogP contribution in [0.4, 0.5) is 0 Å². The summed E-state index contributed by atoms with van der Waals surface area (Å²) >= 11 is 0. The Bertz CT molecular complexity index is 394. The van der Waals surface area contributed by atoms with Crippen molar-refractivity contribution < 1.29 is 4.79 Å². The zero-order valence-corrected chi connectivity index (χ0v) is 15.7. The zero-order chi connectivity index (χ0) is 17.5. The number of hydrogen-bond donors (Lipinski definition) is 3. The van der Waals surface area contributed by atoms with Crippen LogP contribution in [0.25, 0.3) is 0 Å². The summed E-state index contributed by atoms with van der Waals surface area (Å²) in [6.45, 7) is 15.2.